The van der Waals surface area contributed by atoms with Gasteiger partial charge in [0.05, 0.1) is 6.61 Å². The molecule has 0 atom stereocenters. The molecule has 3 aromatic carbocycles. The molecule has 0 radical (unpaired) electrons. The Kier molecular flexibility index (Phi) is 4.00. The molecule has 0 aliphatic carbocycles. The van der Waals surface area contributed by atoms with E-state index in [9.17, 15) is 0 Å². The maximum Gasteiger partial charge on any atom is 0.0930 e. The maximum absolute atomic E-state index is 5.17. The summed E-state index contributed by atoms with van der Waals surface area (Å²) in [7, 11) is 0. The summed E-state index contributed by atoms with van der Waals surface area (Å²) in [5.41, 5.74) is 3.48. The summed E-state index contributed by atoms with van der Waals surface area (Å²) in [6.45, 7) is 0.428. The van der Waals surface area contributed by atoms with Crippen LogP contribution in [0.1, 0.15) is 5.56 Å². The normalized spacial score (nSPS) is 10.9. The lowest BCUT2D eigenvalue weighted by Gasteiger charge is -2.08. The zero-order chi connectivity index (χ0) is 13.9. The van der Waals surface area contributed by atoms with Crippen LogP contribution >= 0.6 is 22.6 Å². The Balaban J connectivity index is 2.10. The molecule has 3 rings (SSSR count). The first-order chi connectivity index (χ1) is 9.76. The van der Waals surface area contributed by atoms with Gasteiger partial charge in [-0.25, -0.2) is 5.90 Å². The molecule has 0 aliphatic heterocycles. The fourth-order valence-electron chi connectivity index (χ4n) is 2.37. The minimum atomic E-state index is 0.428. The second-order valence-electron chi connectivity index (χ2n) is 4.72. The van der Waals surface area contributed by atoms with E-state index in [4.69, 9.17) is 10.7 Å². The quantitative estimate of drug-likeness (QED) is 0.540. The Morgan fingerprint density at radius 1 is 0.850 bits per heavy atom. The Hall–Kier alpha value is -1.43. The Bertz CT molecular complexity index is 755. The summed E-state index contributed by atoms with van der Waals surface area (Å²) in [6.07, 6.45) is 0. The molecule has 0 aromatic heterocycles. The van der Waals surface area contributed by atoms with Crippen molar-refractivity contribution in [3.63, 3.8) is 0 Å². The van der Waals surface area contributed by atoms with E-state index < -0.39 is 0 Å². The van der Waals surface area contributed by atoms with E-state index in [0.717, 1.165) is 5.56 Å². The molecule has 0 bridgehead atoms. The van der Waals surface area contributed by atoms with Crippen LogP contribution in [0.3, 0.4) is 0 Å². The van der Waals surface area contributed by atoms with E-state index in [1.807, 2.05) is 0 Å². The van der Waals surface area contributed by atoms with Crippen LogP contribution in [0.4, 0.5) is 0 Å². The molecule has 3 aromatic rings. The molecule has 0 saturated carbocycles. The standard InChI is InChI=1S/C17H14INO/c18-17-8-12(11-20-19)7-16(10-17)15-6-5-13-3-1-2-4-14(13)9-15/h1-10H,11,19H2. The smallest absolute Gasteiger partial charge is 0.0930 e. The van der Waals surface area contributed by atoms with Crippen molar-refractivity contribution < 1.29 is 4.84 Å². The van der Waals surface area contributed by atoms with Gasteiger partial charge >= 0.3 is 0 Å². The number of fused-ring (bicyclic) bond motifs is 1. The molecule has 0 amide bonds. The molecule has 0 unspecified atom stereocenters. The zero-order valence-electron chi connectivity index (χ0n) is 10.8. The highest BCUT2D eigenvalue weighted by Crippen LogP contribution is 2.27. The van der Waals surface area contributed by atoms with Crippen LogP contribution < -0.4 is 5.90 Å². The summed E-state index contributed by atoms with van der Waals surface area (Å²) in [5, 5.41) is 2.51. The molecule has 0 heterocycles. The first kappa shape index (κ1) is 13.5. The predicted molar refractivity (Wildman–Crippen MR) is 91.1 cm³/mol. The largest absolute Gasteiger partial charge is 0.300 e. The van der Waals surface area contributed by atoms with Gasteiger partial charge in [-0.15, -0.1) is 0 Å². The first-order valence-corrected chi connectivity index (χ1v) is 7.44. The third-order valence-corrected chi connectivity index (χ3v) is 3.91. The molecular formula is C17H14INO. The van der Waals surface area contributed by atoms with Crippen LogP contribution in [-0.2, 0) is 11.4 Å². The summed E-state index contributed by atoms with van der Waals surface area (Å²) < 4.78 is 1.18. The van der Waals surface area contributed by atoms with Crippen molar-refractivity contribution in [3.8, 4) is 11.1 Å². The average Bonchev–Trinajstić information content (AvgIpc) is 2.46. The third-order valence-electron chi connectivity index (χ3n) is 3.29. The van der Waals surface area contributed by atoms with E-state index in [1.165, 1.54) is 25.5 Å². The van der Waals surface area contributed by atoms with E-state index in [0.29, 0.717) is 6.61 Å². The third kappa shape index (κ3) is 2.85. The van der Waals surface area contributed by atoms with Gasteiger partial charge in [0.25, 0.3) is 0 Å². The summed E-state index contributed by atoms with van der Waals surface area (Å²) >= 11 is 2.32. The molecule has 2 nitrogen and oxygen atoms in total. The van der Waals surface area contributed by atoms with Crippen molar-refractivity contribution in [2.45, 2.75) is 6.61 Å². The fraction of sp³-hybridized carbons (Fsp3) is 0.0588. The van der Waals surface area contributed by atoms with Gasteiger partial charge < -0.3 is 0 Å². The van der Waals surface area contributed by atoms with Crippen LogP contribution in [-0.4, -0.2) is 0 Å². The van der Waals surface area contributed by atoms with Crippen molar-refractivity contribution in [1.82, 2.24) is 0 Å². The van der Waals surface area contributed by atoms with Gasteiger partial charge in [-0.3, -0.25) is 4.84 Å². The molecule has 20 heavy (non-hydrogen) atoms. The van der Waals surface area contributed by atoms with Gasteiger partial charge in [0.1, 0.15) is 0 Å². The second-order valence-corrected chi connectivity index (χ2v) is 5.97. The highest BCUT2D eigenvalue weighted by molar-refractivity contribution is 14.1. The van der Waals surface area contributed by atoms with Crippen LogP contribution in [0.2, 0.25) is 0 Å². The Labute approximate surface area is 131 Å². The van der Waals surface area contributed by atoms with Gasteiger partial charge in [-0.2, -0.15) is 0 Å². The molecular weight excluding hydrogens is 361 g/mol. The van der Waals surface area contributed by atoms with E-state index in [2.05, 4.69) is 83.3 Å². The maximum atomic E-state index is 5.17. The summed E-state index contributed by atoms with van der Waals surface area (Å²) in [5.74, 6) is 5.17. The number of nitrogens with two attached hydrogens (primary N) is 1. The number of rotatable bonds is 3. The van der Waals surface area contributed by atoms with Gasteiger partial charge in [-0.1, -0.05) is 36.4 Å². The summed E-state index contributed by atoms with van der Waals surface area (Å²) in [6, 6.07) is 21.3. The van der Waals surface area contributed by atoms with Gasteiger partial charge in [0.2, 0.25) is 0 Å². The summed E-state index contributed by atoms with van der Waals surface area (Å²) in [4.78, 5) is 4.74. The number of halogens is 1. The van der Waals surface area contributed by atoms with Crippen molar-refractivity contribution in [3.05, 3.63) is 69.8 Å². The van der Waals surface area contributed by atoms with Gasteiger partial charge in [0.15, 0.2) is 0 Å². The van der Waals surface area contributed by atoms with Crippen molar-refractivity contribution in [2.75, 3.05) is 0 Å². The lowest BCUT2D eigenvalue weighted by atomic mass is 10.00. The average molecular weight is 375 g/mol. The molecule has 0 fully saturated rings. The minimum absolute atomic E-state index is 0.428. The molecule has 0 saturated heterocycles. The number of hydrogen-bond donors (Lipinski definition) is 1. The van der Waals surface area contributed by atoms with Crippen molar-refractivity contribution in [1.29, 1.82) is 0 Å². The number of hydrogen-bond acceptors (Lipinski definition) is 2. The fourth-order valence-corrected chi connectivity index (χ4v) is 3.10. The highest BCUT2D eigenvalue weighted by Gasteiger charge is 2.03. The van der Waals surface area contributed by atoms with Gasteiger partial charge in [0, 0.05) is 3.57 Å². The minimum Gasteiger partial charge on any atom is -0.300 e. The first-order valence-electron chi connectivity index (χ1n) is 6.36. The zero-order valence-corrected chi connectivity index (χ0v) is 13.0. The lowest BCUT2D eigenvalue weighted by molar-refractivity contribution is 0.124. The molecule has 100 valence electrons. The SMILES string of the molecule is NOCc1cc(I)cc(-c2ccc3ccccc3c2)c1. The van der Waals surface area contributed by atoms with Crippen LogP contribution in [0, 0.1) is 3.57 Å². The van der Waals surface area contributed by atoms with Crippen LogP contribution in [0.5, 0.6) is 0 Å². The van der Waals surface area contributed by atoms with E-state index in [-0.39, 0.29) is 0 Å². The van der Waals surface area contributed by atoms with E-state index in [1.54, 1.807) is 0 Å². The molecule has 0 aliphatic rings. The molecule has 0 spiro atoms. The van der Waals surface area contributed by atoms with Crippen molar-refractivity contribution >= 4 is 33.4 Å². The molecule has 3 heteroatoms. The molecule has 2 N–H and O–H groups in total. The van der Waals surface area contributed by atoms with Crippen molar-refractivity contribution in [2.24, 2.45) is 5.90 Å². The Morgan fingerprint density at radius 3 is 2.45 bits per heavy atom. The number of benzene rings is 3. The Morgan fingerprint density at radius 2 is 1.65 bits per heavy atom. The monoisotopic (exact) mass is 375 g/mol. The lowest BCUT2D eigenvalue weighted by Crippen LogP contribution is -1.99. The van der Waals surface area contributed by atoms with Gasteiger partial charge in [-0.05, 0) is 74.3 Å². The highest BCUT2D eigenvalue weighted by atomic mass is 127. The van der Waals surface area contributed by atoms with Crippen LogP contribution in [0.25, 0.3) is 21.9 Å². The van der Waals surface area contributed by atoms with E-state index >= 15 is 0 Å². The topological polar surface area (TPSA) is 35.2 Å². The second kappa shape index (κ2) is 5.91. The van der Waals surface area contributed by atoms with Crippen LogP contribution in [0.15, 0.2) is 60.7 Å². The predicted octanol–water partition coefficient (Wildman–Crippen LogP) is 4.50.